The SMILES string of the molecule is CCCCC(CC)CC(NCC)c1c(F)ccc(C)c1F. The van der Waals surface area contributed by atoms with Gasteiger partial charge in [0, 0.05) is 11.6 Å². The van der Waals surface area contributed by atoms with Crippen LogP contribution in [0.15, 0.2) is 12.1 Å². The maximum Gasteiger partial charge on any atom is 0.133 e. The van der Waals surface area contributed by atoms with Crippen molar-refractivity contribution < 1.29 is 8.78 Å². The number of hydrogen-bond acceptors (Lipinski definition) is 1. The van der Waals surface area contributed by atoms with Crippen LogP contribution in [0.25, 0.3) is 0 Å². The summed E-state index contributed by atoms with van der Waals surface area (Å²) in [6, 6.07) is 2.65. The zero-order valence-corrected chi connectivity index (χ0v) is 13.8. The number of halogens is 2. The summed E-state index contributed by atoms with van der Waals surface area (Å²) in [5, 5.41) is 3.27. The van der Waals surface area contributed by atoms with Gasteiger partial charge in [-0.1, -0.05) is 52.5 Å². The Morgan fingerprint density at radius 1 is 1.14 bits per heavy atom. The Balaban J connectivity index is 2.98. The highest BCUT2D eigenvalue weighted by Crippen LogP contribution is 2.31. The third-order valence-corrected chi connectivity index (χ3v) is 4.23. The topological polar surface area (TPSA) is 12.0 Å². The van der Waals surface area contributed by atoms with Gasteiger partial charge in [0.2, 0.25) is 0 Å². The molecule has 0 saturated carbocycles. The van der Waals surface area contributed by atoms with Crippen LogP contribution in [0.1, 0.15) is 70.0 Å². The molecule has 0 aliphatic carbocycles. The summed E-state index contributed by atoms with van der Waals surface area (Å²) >= 11 is 0. The van der Waals surface area contributed by atoms with Crippen LogP contribution < -0.4 is 5.32 Å². The van der Waals surface area contributed by atoms with Crippen molar-refractivity contribution in [1.82, 2.24) is 5.32 Å². The first-order valence-electron chi connectivity index (χ1n) is 8.22. The van der Waals surface area contributed by atoms with E-state index in [1.807, 2.05) is 6.92 Å². The summed E-state index contributed by atoms with van der Waals surface area (Å²) in [7, 11) is 0. The predicted octanol–water partition coefficient (Wildman–Crippen LogP) is 5.53. The Bertz CT molecular complexity index is 431. The Kier molecular flexibility index (Phi) is 7.87. The van der Waals surface area contributed by atoms with Crippen molar-refractivity contribution in [3.63, 3.8) is 0 Å². The van der Waals surface area contributed by atoms with E-state index in [2.05, 4.69) is 19.2 Å². The molecule has 1 N–H and O–H groups in total. The summed E-state index contributed by atoms with van der Waals surface area (Å²) in [5.74, 6) is -0.325. The van der Waals surface area contributed by atoms with Gasteiger partial charge < -0.3 is 5.32 Å². The van der Waals surface area contributed by atoms with Crippen molar-refractivity contribution in [2.75, 3.05) is 6.54 Å². The molecule has 0 aliphatic heterocycles. The third-order valence-electron chi connectivity index (χ3n) is 4.23. The highest BCUT2D eigenvalue weighted by Gasteiger charge is 2.23. The van der Waals surface area contributed by atoms with E-state index in [4.69, 9.17) is 0 Å². The second-order valence-corrected chi connectivity index (χ2v) is 5.85. The van der Waals surface area contributed by atoms with Crippen LogP contribution in [0.3, 0.4) is 0 Å². The number of aryl methyl sites for hydroxylation is 1. The van der Waals surface area contributed by atoms with Crippen molar-refractivity contribution in [3.8, 4) is 0 Å². The molecule has 0 spiro atoms. The van der Waals surface area contributed by atoms with E-state index >= 15 is 0 Å². The Morgan fingerprint density at radius 2 is 1.86 bits per heavy atom. The first kappa shape index (κ1) is 18.1. The third kappa shape index (κ3) is 5.06. The Morgan fingerprint density at radius 3 is 2.43 bits per heavy atom. The van der Waals surface area contributed by atoms with Crippen molar-refractivity contribution in [1.29, 1.82) is 0 Å². The summed E-state index contributed by atoms with van der Waals surface area (Å²) in [6.45, 7) is 8.71. The molecular formula is C18H29F2N. The van der Waals surface area contributed by atoms with Gasteiger partial charge in [0.1, 0.15) is 11.6 Å². The lowest BCUT2D eigenvalue weighted by Gasteiger charge is -2.25. The van der Waals surface area contributed by atoms with Gasteiger partial charge in [-0.2, -0.15) is 0 Å². The van der Waals surface area contributed by atoms with E-state index in [0.717, 1.165) is 25.7 Å². The van der Waals surface area contributed by atoms with Crippen LogP contribution in [0, 0.1) is 24.5 Å². The van der Waals surface area contributed by atoms with Gasteiger partial charge in [-0.25, -0.2) is 8.78 Å². The van der Waals surface area contributed by atoms with Crippen LogP contribution in [-0.2, 0) is 0 Å². The predicted molar refractivity (Wildman–Crippen MR) is 85.4 cm³/mol. The fourth-order valence-corrected chi connectivity index (χ4v) is 2.86. The second-order valence-electron chi connectivity index (χ2n) is 5.85. The summed E-state index contributed by atoms with van der Waals surface area (Å²) in [6.07, 6.45) is 5.31. The Labute approximate surface area is 128 Å². The van der Waals surface area contributed by atoms with Gasteiger partial charge in [-0.05, 0) is 37.4 Å². The molecule has 1 aromatic carbocycles. The minimum absolute atomic E-state index is 0.215. The van der Waals surface area contributed by atoms with Crippen molar-refractivity contribution >= 4 is 0 Å². The van der Waals surface area contributed by atoms with Gasteiger partial charge in [0.25, 0.3) is 0 Å². The largest absolute Gasteiger partial charge is 0.310 e. The number of benzene rings is 1. The molecule has 1 rings (SSSR count). The second kappa shape index (κ2) is 9.14. The number of nitrogens with one attached hydrogen (secondary N) is 1. The molecule has 2 atom stereocenters. The zero-order chi connectivity index (χ0) is 15.8. The maximum atomic E-state index is 14.4. The molecule has 120 valence electrons. The smallest absolute Gasteiger partial charge is 0.133 e. The van der Waals surface area contributed by atoms with Crippen LogP contribution in [0.4, 0.5) is 8.78 Å². The van der Waals surface area contributed by atoms with Gasteiger partial charge in [0.05, 0.1) is 0 Å². The molecule has 0 fully saturated rings. The molecule has 1 nitrogen and oxygen atoms in total. The quantitative estimate of drug-likeness (QED) is 0.632. The minimum Gasteiger partial charge on any atom is -0.310 e. The molecule has 0 radical (unpaired) electrons. The first-order valence-corrected chi connectivity index (χ1v) is 8.22. The number of rotatable bonds is 9. The lowest BCUT2D eigenvalue weighted by molar-refractivity contribution is 0.343. The zero-order valence-electron chi connectivity index (χ0n) is 13.8. The molecule has 1 aromatic rings. The van der Waals surface area contributed by atoms with E-state index in [9.17, 15) is 8.78 Å². The molecule has 0 aromatic heterocycles. The van der Waals surface area contributed by atoms with Crippen LogP contribution in [0.2, 0.25) is 0 Å². The Hall–Kier alpha value is -0.960. The van der Waals surface area contributed by atoms with Crippen molar-refractivity contribution in [2.24, 2.45) is 5.92 Å². The molecule has 0 aliphatic rings. The molecule has 0 bridgehead atoms. The molecular weight excluding hydrogens is 268 g/mol. The van der Waals surface area contributed by atoms with E-state index in [0.29, 0.717) is 18.0 Å². The lowest BCUT2D eigenvalue weighted by Crippen LogP contribution is -2.26. The van der Waals surface area contributed by atoms with E-state index in [-0.39, 0.29) is 11.6 Å². The highest BCUT2D eigenvalue weighted by atomic mass is 19.1. The summed E-state index contributed by atoms with van der Waals surface area (Å²) in [5.41, 5.74) is 0.725. The fourth-order valence-electron chi connectivity index (χ4n) is 2.86. The highest BCUT2D eigenvalue weighted by molar-refractivity contribution is 5.29. The van der Waals surface area contributed by atoms with Crippen LogP contribution in [0.5, 0.6) is 0 Å². The number of hydrogen-bond donors (Lipinski definition) is 1. The van der Waals surface area contributed by atoms with Gasteiger partial charge in [0.15, 0.2) is 0 Å². The normalized spacial score (nSPS) is 14.2. The standard InChI is InChI=1S/C18H29F2N/c1-5-8-9-14(6-2)12-16(21-7-3)17-15(19)11-10-13(4)18(17)20/h10-11,14,16,21H,5-9,12H2,1-4H3. The molecule has 0 amide bonds. The average Bonchev–Trinajstić information content (AvgIpc) is 2.47. The van der Waals surface area contributed by atoms with E-state index in [1.165, 1.54) is 18.6 Å². The molecule has 21 heavy (non-hydrogen) atoms. The van der Waals surface area contributed by atoms with E-state index < -0.39 is 11.6 Å². The molecule has 2 unspecified atom stereocenters. The van der Waals surface area contributed by atoms with Crippen LogP contribution in [-0.4, -0.2) is 6.54 Å². The van der Waals surface area contributed by atoms with Crippen molar-refractivity contribution in [2.45, 2.75) is 65.8 Å². The fraction of sp³-hybridized carbons (Fsp3) is 0.667. The monoisotopic (exact) mass is 297 g/mol. The summed E-state index contributed by atoms with van der Waals surface area (Å²) < 4.78 is 28.5. The lowest BCUT2D eigenvalue weighted by atomic mass is 9.88. The summed E-state index contributed by atoms with van der Waals surface area (Å²) in [4.78, 5) is 0. The van der Waals surface area contributed by atoms with Crippen molar-refractivity contribution in [3.05, 3.63) is 34.9 Å². The van der Waals surface area contributed by atoms with E-state index in [1.54, 1.807) is 6.92 Å². The molecule has 3 heteroatoms. The molecule has 0 saturated heterocycles. The van der Waals surface area contributed by atoms with Gasteiger partial charge in [-0.3, -0.25) is 0 Å². The maximum absolute atomic E-state index is 14.4. The number of unbranched alkanes of at least 4 members (excludes halogenated alkanes) is 1. The van der Waals surface area contributed by atoms with Crippen LogP contribution >= 0.6 is 0 Å². The first-order chi connectivity index (χ1) is 10.0. The molecule has 0 heterocycles. The minimum atomic E-state index is -0.436. The van der Waals surface area contributed by atoms with Gasteiger partial charge in [-0.15, -0.1) is 0 Å². The average molecular weight is 297 g/mol. The van der Waals surface area contributed by atoms with Gasteiger partial charge >= 0.3 is 0 Å².